The lowest BCUT2D eigenvalue weighted by molar-refractivity contribution is 0.0211. The molecule has 1 fully saturated rings. The summed E-state index contributed by atoms with van der Waals surface area (Å²) in [5.74, 6) is 0.126. The van der Waals surface area contributed by atoms with Gasteiger partial charge in [-0.1, -0.05) is 6.07 Å². The van der Waals surface area contributed by atoms with Gasteiger partial charge >= 0.3 is 5.97 Å². The topological polar surface area (TPSA) is 70.8 Å². The molecule has 0 heterocycles. The van der Waals surface area contributed by atoms with E-state index < -0.39 is 5.97 Å². The van der Waals surface area contributed by atoms with Crippen molar-refractivity contribution in [1.29, 1.82) is 0 Å². The number of benzene rings is 1. The van der Waals surface area contributed by atoms with Crippen molar-refractivity contribution < 1.29 is 19.0 Å². The lowest BCUT2D eigenvalue weighted by Crippen LogP contribution is -2.29. The monoisotopic (exact) mass is 293 g/mol. The predicted molar refractivity (Wildman–Crippen MR) is 80.5 cm³/mol. The fourth-order valence-electron chi connectivity index (χ4n) is 2.64. The first-order valence-electron chi connectivity index (χ1n) is 7.40. The Labute approximate surface area is 125 Å². The number of hydrogen-bond donors (Lipinski definition) is 1. The first kappa shape index (κ1) is 15.6. The molecule has 5 heteroatoms. The summed E-state index contributed by atoms with van der Waals surface area (Å²) in [6.07, 6.45) is 4.26. The molecule has 2 N–H and O–H groups in total. The van der Waals surface area contributed by atoms with Crippen LogP contribution in [-0.4, -0.2) is 31.9 Å². The molecule has 1 aromatic carbocycles. The van der Waals surface area contributed by atoms with Crippen LogP contribution in [0.15, 0.2) is 18.2 Å². The molecule has 0 radical (unpaired) electrons. The molecule has 0 saturated heterocycles. The van der Waals surface area contributed by atoms with Crippen molar-refractivity contribution >= 4 is 11.7 Å². The molecule has 5 nitrogen and oxygen atoms in total. The van der Waals surface area contributed by atoms with Gasteiger partial charge in [-0.15, -0.1) is 0 Å². The van der Waals surface area contributed by atoms with Crippen molar-refractivity contribution in [2.45, 2.75) is 44.8 Å². The van der Waals surface area contributed by atoms with Crippen molar-refractivity contribution in [2.75, 3.05) is 19.5 Å². The summed E-state index contributed by atoms with van der Waals surface area (Å²) in [4.78, 5) is 11.8. The molecule has 1 aliphatic rings. The first-order valence-corrected chi connectivity index (χ1v) is 7.40. The van der Waals surface area contributed by atoms with Crippen molar-refractivity contribution in [3.05, 3.63) is 23.8 Å². The Morgan fingerprint density at radius 3 is 2.81 bits per heavy atom. The van der Waals surface area contributed by atoms with E-state index in [1.165, 1.54) is 0 Å². The zero-order valence-corrected chi connectivity index (χ0v) is 12.6. The average Bonchev–Trinajstić information content (AvgIpc) is 2.50. The first-order chi connectivity index (χ1) is 10.2. The third kappa shape index (κ3) is 3.88. The Bertz CT molecular complexity index is 489. The molecule has 0 amide bonds. The summed E-state index contributed by atoms with van der Waals surface area (Å²) in [6.45, 7) is 2.09. The van der Waals surface area contributed by atoms with Crippen LogP contribution in [0, 0.1) is 0 Å². The average molecular weight is 293 g/mol. The smallest absolute Gasteiger partial charge is 0.340 e. The molecule has 0 spiro atoms. The summed E-state index contributed by atoms with van der Waals surface area (Å²) in [7, 11) is 1.72. The van der Waals surface area contributed by atoms with Crippen molar-refractivity contribution in [1.82, 2.24) is 0 Å². The van der Waals surface area contributed by atoms with E-state index >= 15 is 0 Å². The van der Waals surface area contributed by atoms with Gasteiger partial charge in [0.15, 0.2) is 0 Å². The van der Waals surface area contributed by atoms with Crippen molar-refractivity contribution in [2.24, 2.45) is 0 Å². The van der Waals surface area contributed by atoms with Gasteiger partial charge in [0.2, 0.25) is 0 Å². The predicted octanol–water partition coefficient (Wildman–Crippen LogP) is 2.78. The Morgan fingerprint density at radius 2 is 2.10 bits per heavy atom. The van der Waals surface area contributed by atoms with Gasteiger partial charge in [-0.3, -0.25) is 0 Å². The number of ether oxygens (including phenoxy) is 3. The minimum atomic E-state index is -0.418. The van der Waals surface area contributed by atoms with Gasteiger partial charge in [-0.25, -0.2) is 4.79 Å². The molecule has 0 aliphatic heterocycles. The van der Waals surface area contributed by atoms with Crippen LogP contribution in [-0.2, 0) is 9.47 Å². The molecule has 116 valence electrons. The highest BCUT2D eigenvalue weighted by atomic mass is 16.5. The quantitative estimate of drug-likeness (QED) is 0.667. The molecular formula is C16H23NO4. The Balaban J connectivity index is 2.09. The van der Waals surface area contributed by atoms with Gasteiger partial charge in [0, 0.05) is 13.5 Å². The molecular weight excluding hydrogens is 270 g/mol. The maximum absolute atomic E-state index is 11.8. The van der Waals surface area contributed by atoms with Crippen molar-refractivity contribution in [3.63, 3.8) is 0 Å². The normalized spacial score (nSPS) is 21.8. The minimum Gasteiger partial charge on any atom is -0.488 e. The molecule has 2 unspecified atom stereocenters. The highest BCUT2D eigenvalue weighted by Gasteiger charge is 2.24. The van der Waals surface area contributed by atoms with E-state index in [9.17, 15) is 4.79 Å². The van der Waals surface area contributed by atoms with Crippen LogP contribution in [0.5, 0.6) is 5.75 Å². The third-order valence-corrected chi connectivity index (χ3v) is 3.77. The molecule has 1 saturated carbocycles. The number of carbonyl (C=O) groups is 1. The number of anilines is 1. The summed E-state index contributed by atoms with van der Waals surface area (Å²) >= 11 is 0. The Morgan fingerprint density at radius 1 is 1.33 bits per heavy atom. The number of nitrogens with two attached hydrogens (primary N) is 1. The second-order valence-electron chi connectivity index (χ2n) is 5.20. The van der Waals surface area contributed by atoms with Gasteiger partial charge < -0.3 is 19.9 Å². The van der Waals surface area contributed by atoms with Crippen LogP contribution < -0.4 is 10.5 Å². The fourth-order valence-corrected chi connectivity index (χ4v) is 2.64. The maximum atomic E-state index is 11.8. The zero-order chi connectivity index (χ0) is 15.2. The summed E-state index contributed by atoms with van der Waals surface area (Å²) < 4.78 is 16.4. The second-order valence-corrected chi connectivity index (χ2v) is 5.20. The SMILES string of the molecule is CCOC(=O)c1cccc(OC2CCCC(OC)C2)c1N. The highest BCUT2D eigenvalue weighted by molar-refractivity contribution is 5.96. The molecule has 1 aliphatic carbocycles. The van der Waals surface area contributed by atoms with E-state index in [0.717, 1.165) is 25.7 Å². The van der Waals surface area contributed by atoms with E-state index in [1.54, 1.807) is 32.2 Å². The van der Waals surface area contributed by atoms with Gasteiger partial charge in [0.25, 0.3) is 0 Å². The lowest BCUT2D eigenvalue weighted by atomic mass is 9.95. The van der Waals surface area contributed by atoms with E-state index in [0.29, 0.717) is 23.6 Å². The Hall–Kier alpha value is -1.75. The fraction of sp³-hybridized carbons (Fsp3) is 0.562. The number of esters is 1. The number of nitrogen functional groups attached to an aromatic ring is 1. The van der Waals surface area contributed by atoms with Crippen LogP contribution >= 0.6 is 0 Å². The van der Waals surface area contributed by atoms with Gasteiger partial charge in [0.1, 0.15) is 11.9 Å². The van der Waals surface area contributed by atoms with Crippen LogP contribution in [0.3, 0.4) is 0 Å². The van der Waals surface area contributed by atoms with E-state index in [4.69, 9.17) is 19.9 Å². The second kappa shape index (κ2) is 7.31. The molecule has 2 rings (SSSR count). The molecule has 0 aromatic heterocycles. The van der Waals surface area contributed by atoms with E-state index in [2.05, 4.69) is 0 Å². The van der Waals surface area contributed by atoms with Gasteiger partial charge in [0.05, 0.1) is 24.0 Å². The number of methoxy groups -OCH3 is 1. The molecule has 21 heavy (non-hydrogen) atoms. The summed E-state index contributed by atoms with van der Waals surface area (Å²) in [5, 5.41) is 0. The van der Waals surface area contributed by atoms with Crippen LogP contribution in [0.1, 0.15) is 43.0 Å². The zero-order valence-electron chi connectivity index (χ0n) is 12.6. The standard InChI is InChI=1S/C16H23NO4/c1-3-20-16(18)13-8-5-9-14(15(13)17)21-12-7-4-6-11(10-12)19-2/h5,8-9,11-12H,3-4,6-7,10,17H2,1-2H3. The van der Waals surface area contributed by atoms with Gasteiger partial charge in [-0.2, -0.15) is 0 Å². The highest BCUT2D eigenvalue weighted by Crippen LogP contribution is 2.30. The Kier molecular flexibility index (Phi) is 5.44. The maximum Gasteiger partial charge on any atom is 0.340 e. The number of rotatable bonds is 5. The van der Waals surface area contributed by atoms with Crippen molar-refractivity contribution in [3.8, 4) is 5.75 Å². The van der Waals surface area contributed by atoms with Crippen LogP contribution in [0.2, 0.25) is 0 Å². The minimum absolute atomic E-state index is 0.0726. The number of para-hydroxylation sites is 1. The summed E-state index contributed by atoms with van der Waals surface area (Å²) in [5.41, 5.74) is 6.74. The van der Waals surface area contributed by atoms with Gasteiger partial charge in [-0.05, 0) is 38.3 Å². The largest absolute Gasteiger partial charge is 0.488 e. The third-order valence-electron chi connectivity index (χ3n) is 3.77. The molecule has 2 atom stereocenters. The lowest BCUT2D eigenvalue weighted by Gasteiger charge is -2.29. The molecule has 0 bridgehead atoms. The summed E-state index contributed by atoms with van der Waals surface area (Å²) in [6, 6.07) is 5.20. The number of carbonyl (C=O) groups excluding carboxylic acids is 1. The van der Waals surface area contributed by atoms with E-state index in [-0.39, 0.29) is 12.2 Å². The van der Waals surface area contributed by atoms with Crippen LogP contribution in [0.25, 0.3) is 0 Å². The molecule has 1 aromatic rings. The van der Waals surface area contributed by atoms with Crippen LogP contribution in [0.4, 0.5) is 5.69 Å². The van der Waals surface area contributed by atoms with E-state index in [1.807, 2.05) is 0 Å². The number of hydrogen-bond acceptors (Lipinski definition) is 5.